The highest BCUT2D eigenvalue weighted by molar-refractivity contribution is 5.85. The number of rotatable bonds is 0. The van der Waals surface area contributed by atoms with Gasteiger partial charge in [-0.1, -0.05) is 20.8 Å². The highest BCUT2D eigenvalue weighted by atomic mass is 35.5. The van der Waals surface area contributed by atoms with Crippen LogP contribution in [0.4, 0.5) is 0 Å². The molecular weight excluding hydrogens is 206 g/mol. The first-order valence-corrected chi connectivity index (χ1v) is 6.25. The van der Waals surface area contributed by atoms with Crippen molar-refractivity contribution < 1.29 is 0 Å². The van der Waals surface area contributed by atoms with Gasteiger partial charge < -0.3 is 5.73 Å². The van der Waals surface area contributed by atoms with Gasteiger partial charge in [0.1, 0.15) is 0 Å². The fraction of sp³-hybridized carbons (Fsp3) is 1.00. The van der Waals surface area contributed by atoms with Crippen molar-refractivity contribution in [2.45, 2.75) is 52.0 Å². The molecule has 88 valence electrons. The Bertz CT molecular complexity index is 276. The molecule has 3 aliphatic rings. The van der Waals surface area contributed by atoms with Gasteiger partial charge >= 0.3 is 0 Å². The Morgan fingerprint density at radius 1 is 1.20 bits per heavy atom. The van der Waals surface area contributed by atoms with E-state index in [0.29, 0.717) is 5.41 Å². The Hall–Kier alpha value is 0.250. The molecule has 15 heavy (non-hydrogen) atoms. The van der Waals surface area contributed by atoms with Crippen molar-refractivity contribution in [1.29, 1.82) is 0 Å². The maximum Gasteiger partial charge on any atom is 0.0222 e. The summed E-state index contributed by atoms with van der Waals surface area (Å²) in [5.41, 5.74) is 7.44. The van der Waals surface area contributed by atoms with Gasteiger partial charge in [0, 0.05) is 5.54 Å². The van der Waals surface area contributed by atoms with Gasteiger partial charge in [-0.3, -0.25) is 0 Å². The van der Waals surface area contributed by atoms with E-state index in [4.69, 9.17) is 5.73 Å². The van der Waals surface area contributed by atoms with E-state index < -0.39 is 0 Å². The van der Waals surface area contributed by atoms with E-state index in [-0.39, 0.29) is 17.9 Å². The second-order valence-corrected chi connectivity index (χ2v) is 6.79. The Morgan fingerprint density at radius 3 is 2.47 bits per heavy atom. The molecule has 0 aromatic rings. The van der Waals surface area contributed by atoms with Crippen molar-refractivity contribution in [2.24, 2.45) is 34.8 Å². The summed E-state index contributed by atoms with van der Waals surface area (Å²) in [6.07, 6.45) is 5.61. The molecule has 0 aliphatic heterocycles. The lowest BCUT2D eigenvalue weighted by Gasteiger charge is -2.41. The van der Waals surface area contributed by atoms with Crippen molar-refractivity contribution in [1.82, 2.24) is 0 Å². The lowest BCUT2D eigenvalue weighted by atomic mass is 9.67. The second-order valence-electron chi connectivity index (χ2n) is 6.79. The molecule has 3 fully saturated rings. The molecule has 0 spiro atoms. The number of nitrogens with two attached hydrogens (primary N) is 1. The van der Waals surface area contributed by atoms with Crippen molar-refractivity contribution in [3.63, 3.8) is 0 Å². The molecule has 3 saturated carbocycles. The summed E-state index contributed by atoms with van der Waals surface area (Å²) in [6, 6.07) is 0. The number of hydrogen-bond acceptors (Lipinski definition) is 1. The summed E-state index contributed by atoms with van der Waals surface area (Å²) in [6.45, 7) is 7.32. The summed E-state index contributed by atoms with van der Waals surface area (Å²) in [4.78, 5) is 0. The minimum absolute atomic E-state index is 0. The van der Waals surface area contributed by atoms with Gasteiger partial charge in [0.2, 0.25) is 0 Å². The molecule has 0 aromatic carbocycles. The van der Waals surface area contributed by atoms with Crippen LogP contribution >= 0.6 is 12.4 Å². The maximum atomic E-state index is 6.72. The van der Waals surface area contributed by atoms with Gasteiger partial charge in [-0.05, 0) is 54.8 Å². The monoisotopic (exact) mass is 229 g/mol. The van der Waals surface area contributed by atoms with E-state index >= 15 is 0 Å². The van der Waals surface area contributed by atoms with Crippen LogP contribution in [0.15, 0.2) is 0 Å². The standard InChI is InChI=1S/C13H23N.ClH/c1-8-7-13(14)10-5-4-9(6-10)11(13)12(8,2)3;/h8-11H,4-7,14H2,1-3H3;1H. The smallest absolute Gasteiger partial charge is 0.0222 e. The molecule has 1 nitrogen and oxygen atoms in total. The average molecular weight is 230 g/mol. The Morgan fingerprint density at radius 2 is 1.87 bits per heavy atom. The van der Waals surface area contributed by atoms with Crippen molar-refractivity contribution in [2.75, 3.05) is 0 Å². The van der Waals surface area contributed by atoms with Crippen LogP contribution in [0.1, 0.15) is 46.5 Å². The van der Waals surface area contributed by atoms with Crippen LogP contribution in [0.25, 0.3) is 0 Å². The zero-order valence-corrected chi connectivity index (χ0v) is 10.9. The molecule has 2 N–H and O–H groups in total. The van der Waals surface area contributed by atoms with Crippen LogP contribution in [-0.4, -0.2) is 5.54 Å². The fourth-order valence-electron chi connectivity index (χ4n) is 5.19. The van der Waals surface area contributed by atoms with Gasteiger partial charge in [-0.15, -0.1) is 12.4 Å². The van der Waals surface area contributed by atoms with Gasteiger partial charge in [0.15, 0.2) is 0 Å². The lowest BCUT2D eigenvalue weighted by molar-refractivity contribution is 0.108. The summed E-state index contributed by atoms with van der Waals surface area (Å²) in [5.74, 6) is 3.47. The molecule has 0 radical (unpaired) electrons. The number of fused-ring (bicyclic) bond motifs is 5. The van der Waals surface area contributed by atoms with Crippen LogP contribution in [-0.2, 0) is 0 Å². The molecule has 2 heteroatoms. The van der Waals surface area contributed by atoms with Crippen molar-refractivity contribution in [3.8, 4) is 0 Å². The molecule has 0 aromatic heterocycles. The third kappa shape index (κ3) is 1.20. The third-order valence-corrected chi connectivity index (χ3v) is 6.02. The Balaban J connectivity index is 0.000000853. The molecule has 5 unspecified atom stereocenters. The summed E-state index contributed by atoms with van der Waals surface area (Å²) < 4.78 is 0. The summed E-state index contributed by atoms with van der Waals surface area (Å²) >= 11 is 0. The predicted molar refractivity (Wildman–Crippen MR) is 66.0 cm³/mol. The van der Waals surface area contributed by atoms with E-state index in [1.807, 2.05) is 0 Å². The first kappa shape index (κ1) is 11.7. The fourth-order valence-corrected chi connectivity index (χ4v) is 5.19. The van der Waals surface area contributed by atoms with E-state index in [0.717, 1.165) is 23.7 Å². The van der Waals surface area contributed by atoms with Gasteiger partial charge in [0.05, 0.1) is 0 Å². The van der Waals surface area contributed by atoms with Crippen LogP contribution in [0.2, 0.25) is 0 Å². The van der Waals surface area contributed by atoms with Crippen LogP contribution < -0.4 is 5.73 Å². The van der Waals surface area contributed by atoms with Gasteiger partial charge in [0.25, 0.3) is 0 Å². The molecule has 0 heterocycles. The second kappa shape index (κ2) is 3.13. The van der Waals surface area contributed by atoms with E-state index in [9.17, 15) is 0 Å². The highest BCUT2D eigenvalue weighted by Gasteiger charge is 2.65. The SMILES string of the molecule is CC1CC2(N)C3CCC(C3)C2C1(C)C.Cl. The third-order valence-electron chi connectivity index (χ3n) is 6.02. The Kier molecular flexibility index (Phi) is 2.45. The predicted octanol–water partition coefficient (Wildman–Crippen LogP) is 3.22. The zero-order chi connectivity index (χ0) is 10.1. The van der Waals surface area contributed by atoms with E-state index in [1.54, 1.807) is 0 Å². The normalized spacial score (nSPS) is 55.2. The molecule has 0 saturated heterocycles. The quantitative estimate of drug-likeness (QED) is 0.678. The molecular formula is C13H24ClN. The minimum atomic E-state index is 0. The molecule has 0 amide bonds. The topological polar surface area (TPSA) is 26.0 Å². The Labute approximate surface area is 99.6 Å². The molecule has 3 rings (SSSR count). The van der Waals surface area contributed by atoms with Gasteiger partial charge in [-0.25, -0.2) is 0 Å². The lowest BCUT2D eigenvalue weighted by Crippen LogP contribution is -2.50. The summed E-state index contributed by atoms with van der Waals surface area (Å²) in [5, 5.41) is 0. The maximum absolute atomic E-state index is 6.72. The van der Waals surface area contributed by atoms with Crippen LogP contribution in [0, 0.1) is 29.1 Å². The van der Waals surface area contributed by atoms with Gasteiger partial charge in [-0.2, -0.15) is 0 Å². The van der Waals surface area contributed by atoms with Crippen LogP contribution in [0.5, 0.6) is 0 Å². The van der Waals surface area contributed by atoms with E-state index in [2.05, 4.69) is 20.8 Å². The van der Waals surface area contributed by atoms with E-state index in [1.165, 1.54) is 25.7 Å². The molecule has 3 aliphatic carbocycles. The molecule has 2 bridgehead atoms. The van der Waals surface area contributed by atoms with Crippen molar-refractivity contribution >= 4 is 12.4 Å². The number of halogens is 1. The first-order valence-electron chi connectivity index (χ1n) is 6.25. The zero-order valence-electron chi connectivity index (χ0n) is 10.1. The van der Waals surface area contributed by atoms with Crippen molar-refractivity contribution in [3.05, 3.63) is 0 Å². The first-order chi connectivity index (χ1) is 6.46. The summed E-state index contributed by atoms with van der Waals surface area (Å²) in [7, 11) is 0. The number of hydrogen-bond donors (Lipinski definition) is 1. The van der Waals surface area contributed by atoms with Crippen LogP contribution in [0.3, 0.4) is 0 Å². The highest BCUT2D eigenvalue weighted by Crippen LogP contribution is 2.67. The average Bonchev–Trinajstić information content (AvgIpc) is 2.64. The largest absolute Gasteiger partial charge is 0.325 e. The minimum Gasteiger partial charge on any atom is -0.325 e. The molecule has 5 atom stereocenters.